The van der Waals surface area contributed by atoms with Gasteiger partial charge in [-0.05, 0) is 30.9 Å². The number of para-hydroxylation sites is 1. The topological polar surface area (TPSA) is 70.6 Å². The lowest BCUT2D eigenvalue weighted by Crippen LogP contribution is -2.33. The number of rotatable bonds is 8. The van der Waals surface area contributed by atoms with E-state index in [9.17, 15) is 4.79 Å². The van der Waals surface area contributed by atoms with Gasteiger partial charge in [0.1, 0.15) is 0 Å². The lowest BCUT2D eigenvalue weighted by Gasteiger charge is -2.17. The zero-order valence-electron chi connectivity index (χ0n) is 12.5. The highest BCUT2D eigenvalue weighted by Gasteiger charge is 2.12. The van der Waals surface area contributed by atoms with Crippen LogP contribution in [0.3, 0.4) is 0 Å². The summed E-state index contributed by atoms with van der Waals surface area (Å²) < 4.78 is 5.17. The molecule has 5 nitrogen and oxygen atoms in total. The number of methoxy groups -OCH3 is 1. The Morgan fingerprint density at radius 1 is 1.43 bits per heavy atom. The second-order valence-electron chi connectivity index (χ2n) is 4.82. The van der Waals surface area contributed by atoms with E-state index in [2.05, 4.69) is 17.6 Å². The molecule has 0 bridgehead atoms. The molecule has 6 heteroatoms. The van der Waals surface area contributed by atoms with Gasteiger partial charge in [-0.2, -0.15) is 0 Å². The van der Waals surface area contributed by atoms with E-state index in [1.54, 1.807) is 18.2 Å². The minimum absolute atomic E-state index is 0.135. The monoisotopic (exact) mass is 314 g/mol. The second-order valence-corrected chi connectivity index (χ2v) is 5.23. The van der Waals surface area contributed by atoms with Gasteiger partial charge in [0.15, 0.2) is 5.75 Å². The molecule has 0 aromatic heterocycles. The Kier molecular flexibility index (Phi) is 7.93. The first-order valence-corrected chi connectivity index (χ1v) is 7.48. The van der Waals surface area contributed by atoms with Crippen LogP contribution in [0.1, 0.15) is 26.2 Å². The van der Waals surface area contributed by atoms with Crippen molar-refractivity contribution < 1.29 is 14.6 Å². The van der Waals surface area contributed by atoms with Crippen molar-refractivity contribution in [1.82, 2.24) is 5.32 Å². The Labute approximate surface area is 130 Å². The number of urea groups is 1. The second kappa shape index (κ2) is 9.47. The average molecular weight is 315 g/mol. The molecule has 0 fully saturated rings. The molecule has 1 atom stereocenters. The minimum atomic E-state index is -0.311. The van der Waals surface area contributed by atoms with E-state index >= 15 is 0 Å². The van der Waals surface area contributed by atoms with Crippen molar-refractivity contribution in [2.24, 2.45) is 5.92 Å². The average Bonchev–Trinajstić information content (AvgIpc) is 2.45. The zero-order chi connectivity index (χ0) is 15.7. The number of nitrogens with one attached hydrogen (secondary N) is 2. The first kappa shape index (κ1) is 17.6. The third kappa shape index (κ3) is 5.81. The number of amides is 2. The third-order valence-corrected chi connectivity index (χ3v) is 3.50. The number of carbonyl (C=O) groups excluding carboxylic acids is 1. The van der Waals surface area contributed by atoms with Gasteiger partial charge in [0.25, 0.3) is 0 Å². The Morgan fingerprint density at radius 3 is 2.81 bits per heavy atom. The van der Waals surface area contributed by atoms with E-state index in [4.69, 9.17) is 21.4 Å². The molecule has 0 saturated heterocycles. The molecule has 0 aliphatic carbocycles. The summed E-state index contributed by atoms with van der Waals surface area (Å²) in [6.45, 7) is 2.75. The Balaban J connectivity index is 2.55. The van der Waals surface area contributed by atoms with Gasteiger partial charge in [-0.15, -0.1) is 0 Å². The molecule has 1 rings (SSSR count). The molecule has 0 aliphatic rings. The maximum absolute atomic E-state index is 11.9. The number of hydrogen-bond acceptors (Lipinski definition) is 3. The van der Waals surface area contributed by atoms with E-state index in [1.807, 2.05) is 0 Å². The van der Waals surface area contributed by atoms with Crippen LogP contribution in [0.25, 0.3) is 0 Å². The summed E-state index contributed by atoms with van der Waals surface area (Å²) >= 11 is 6.00. The first-order valence-electron chi connectivity index (χ1n) is 7.10. The summed E-state index contributed by atoms with van der Waals surface area (Å²) in [5.74, 6) is 0.724. The van der Waals surface area contributed by atoms with E-state index in [0.29, 0.717) is 29.4 Å². The van der Waals surface area contributed by atoms with Crippen molar-refractivity contribution in [1.29, 1.82) is 0 Å². The molecule has 3 N–H and O–H groups in total. The van der Waals surface area contributed by atoms with Crippen molar-refractivity contribution >= 4 is 23.3 Å². The maximum Gasteiger partial charge on any atom is 0.319 e. The number of aliphatic hydroxyl groups is 1. The molecular formula is C15H23ClN2O3. The molecule has 118 valence electrons. The van der Waals surface area contributed by atoms with Crippen LogP contribution in [0, 0.1) is 5.92 Å². The van der Waals surface area contributed by atoms with Crippen LogP contribution in [0.15, 0.2) is 18.2 Å². The van der Waals surface area contributed by atoms with Crippen molar-refractivity contribution in [3.8, 4) is 5.75 Å². The molecule has 1 aromatic carbocycles. The fourth-order valence-electron chi connectivity index (χ4n) is 2.16. The quantitative estimate of drug-likeness (QED) is 0.689. The maximum atomic E-state index is 11.9. The van der Waals surface area contributed by atoms with Crippen LogP contribution < -0.4 is 15.4 Å². The molecule has 2 amide bonds. The molecule has 0 aliphatic heterocycles. The number of anilines is 1. The Morgan fingerprint density at radius 2 is 2.19 bits per heavy atom. The van der Waals surface area contributed by atoms with Crippen LogP contribution in [0.5, 0.6) is 5.75 Å². The molecule has 1 unspecified atom stereocenters. The van der Waals surface area contributed by atoms with E-state index in [-0.39, 0.29) is 18.6 Å². The molecular weight excluding hydrogens is 292 g/mol. The fraction of sp³-hybridized carbons (Fsp3) is 0.533. The van der Waals surface area contributed by atoms with Gasteiger partial charge >= 0.3 is 6.03 Å². The molecule has 0 radical (unpaired) electrons. The largest absolute Gasteiger partial charge is 0.493 e. The lowest BCUT2D eigenvalue weighted by molar-refractivity contribution is 0.236. The van der Waals surface area contributed by atoms with Crippen molar-refractivity contribution in [3.63, 3.8) is 0 Å². The molecule has 0 spiro atoms. The van der Waals surface area contributed by atoms with E-state index < -0.39 is 0 Å². The lowest BCUT2D eigenvalue weighted by atomic mass is 10.0. The van der Waals surface area contributed by atoms with Gasteiger partial charge in [0, 0.05) is 13.2 Å². The van der Waals surface area contributed by atoms with E-state index in [1.165, 1.54) is 7.11 Å². The molecule has 0 saturated carbocycles. The standard InChI is InChI=1S/C15H23ClN2O3/c1-3-5-11(8-9-19)10-17-15(20)18-13-7-4-6-12(16)14(13)21-2/h4,6-7,11,19H,3,5,8-10H2,1-2H3,(H2,17,18,20). The van der Waals surface area contributed by atoms with Crippen LogP contribution in [0.2, 0.25) is 5.02 Å². The van der Waals surface area contributed by atoms with Gasteiger partial charge in [-0.25, -0.2) is 4.79 Å². The minimum Gasteiger partial charge on any atom is -0.493 e. The Hall–Kier alpha value is -1.46. The van der Waals surface area contributed by atoms with Crippen LogP contribution in [-0.2, 0) is 0 Å². The number of halogens is 1. The van der Waals surface area contributed by atoms with Crippen LogP contribution in [-0.4, -0.2) is 31.4 Å². The van der Waals surface area contributed by atoms with Gasteiger partial charge in [0.05, 0.1) is 17.8 Å². The van der Waals surface area contributed by atoms with Crippen molar-refractivity contribution in [3.05, 3.63) is 23.2 Å². The summed E-state index contributed by atoms with van der Waals surface area (Å²) in [6, 6.07) is 4.85. The number of ether oxygens (including phenoxy) is 1. The molecule has 21 heavy (non-hydrogen) atoms. The van der Waals surface area contributed by atoms with Gasteiger partial charge in [-0.3, -0.25) is 0 Å². The molecule has 1 aromatic rings. The number of hydrogen-bond donors (Lipinski definition) is 3. The highest BCUT2D eigenvalue weighted by molar-refractivity contribution is 6.32. The van der Waals surface area contributed by atoms with Crippen LogP contribution in [0.4, 0.5) is 10.5 Å². The van der Waals surface area contributed by atoms with Gasteiger partial charge in [-0.1, -0.05) is 31.0 Å². The summed E-state index contributed by atoms with van der Waals surface area (Å²) in [6.07, 6.45) is 2.69. The summed E-state index contributed by atoms with van der Waals surface area (Å²) in [4.78, 5) is 11.9. The molecule has 0 heterocycles. The van der Waals surface area contributed by atoms with Gasteiger partial charge in [0.2, 0.25) is 0 Å². The summed E-state index contributed by atoms with van der Waals surface area (Å²) in [7, 11) is 1.50. The SMILES string of the molecule is CCCC(CCO)CNC(=O)Nc1cccc(Cl)c1OC. The van der Waals surface area contributed by atoms with Crippen molar-refractivity contribution in [2.75, 3.05) is 25.6 Å². The number of aliphatic hydroxyl groups excluding tert-OH is 1. The highest BCUT2D eigenvalue weighted by Crippen LogP contribution is 2.32. The summed E-state index contributed by atoms with van der Waals surface area (Å²) in [5, 5.41) is 15.0. The number of benzene rings is 1. The third-order valence-electron chi connectivity index (χ3n) is 3.20. The number of carbonyl (C=O) groups is 1. The Bertz CT molecular complexity index is 449. The van der Waals surface area contributed by atoms with Crippen molar-refractivity contribution in [2.45, 2.75) is 26.2 Å². The highest BCUT2D eigenvalue weighted by atomic mass is 35.5. The zero-order valence-corrected chi connectivity index (χ0v) is 13.2. The smallest absolute Gasteiger partial charge is 0.319 e. The van der Waals surface area contributed by atoms with E-state index in [0.717, 1.165) is 12.8 Å². The first-order chi connectivity index (χ1) is 10.1. The summed E-state index contributed by atoms with van der Waals surface area (Å²) in [5.41, 5.74) is 0.525. The fourth-order valence-corrected chi connectivity index (χ4v) is 2.41. The van der Waals surface area contributed by atoms with Gasteiger partial charge < -0.3 is 20.5 Å². The predicted octanol–water partition coefficient (Wildman–Crippen LogP) is 3.27. The normalized spacial score (nSPS) is 11.8. The van der Waals surface area contributed by atoms with Crippen LogP contribution >= 0.6 is 11.6 Å². The predicted molar refractivity (Wildman–Crippen MR) is 85.1 cm³/mol.